The Morgan fingerprint density at radius 3 is 1.49 bits per heavy atom. The Morgan fingerprint density at radius 2 is 1.10 bits per heavy atom. The maximum absolute atomic E-state index is 11.1. The van der Waals surface area contributed by atoms with Crippen molar-refractivity contribution in [2.75, 3.05) is 39.3 Å². The molecule has 2 rings (SSSR count). The summed E-state index contributed by atoms with van der Waals surface area (Å²) in [5, 5.41) is 38.7. The molecule has 0 saturated heterocycles. The van der Waals surface area contributed by atoms with Crippen molar-refractivity contribution in [3.8, 4) is 0 Å². The number of thiocarbonyl (C=S) groups is 1. The van der Waals surface area contributed by atoms with Gasteiger partial charge in [0, 0.05) is 37.3 Å². The van der Waals surface area contributed by atoms with Gasteiger partial charge in [0.1, 0.15) is 0 Å². The first-order chi connectivity index (χ1) is 18.5. The number of hydrogen-bond donors (Lipinski definition) is 4. The van der Waals surface area contributed by atoms with E-state index in [9.17, 15) is 19.2 Å². The van der Waals surface area contributed by atoms with Crippen LogP contribution in [0.25, 0.3) is 0 Å². The molecule has 0 bridgehead atoms. The lowest BCUT2D eigenvalue weighted by Crippen LogP contribution is -2.36. The van der Waals surface area contributed by atoms with Gasteiger partial charge in [0.2, 0.25) is 0 Å². The summed E-state index contributed by atoms with van der Waals surface area (Å²) in [5.74, 6) is -4.56. The number of hydrogen-bond acceptors (Lipinski definition) is 9. The second kappa shape index (κ2) is 16.0. The molecule has 4 N–H and O–H groups in total. The fourth-order valence-corrected chi connectivity index (χ4v) is 4.04. The van der Waals surface area contributed by atoms with E-state index in [4.69, 9.17) is 20.4 Å². The van der Waals surface area contributed by atoms with E-state index in [0.29, 0.717) is 42.8 Å². The van der Waals surface area contributed by atoms with Gasteiger partial charge in [-0.1, -0.05) is 12.1 Å². The first-order valence-electron chi connectivity index (χ1n) is 12.0. The number of isothiocyanates is 1. The molecule has 13 heteroatoms. The summed E-state index contributed by atoms with van der Waals surface area (Å²) in [7, 11) is 0. The van der Waals surface area contributed by atoms with E-state index in [1.807, 2.05) is 36.4 Å². The highest BCUT2D eigenvalue weighted by atomic mass is 32.1. The molecule has 39 heavy (non-hydrogen) atoms. The molecule has 1 heterocycles. The van der Waals surface area contributed by atoms with E-state index in [1.54, 1.807) is 0 Å². The quantitative estimate of drug-likeness (QED) is 0.154. The summed E-state index contributed by atoms with van der Waals surface area (Å²) in [5.41, 5.74) is 3.93. The molecular weight excluding hydrogens is 528 g/mol. The van der Waals surface area contributed by atoms with Crippen LogP contribution in [0.3, 0.4) is 0 Å². The first-order valence-corrected chi connectivity index (χ1v) is 12.4. The normalized spacial score (nSPS) is 10.8. The van der Waals surface area contributed by atoms with Gasteiger partial charge in [-0.15, -0.1) is 0 Å². The number of carboxylic acids is 4. The number of nitrogens with zero attached hydrogens (tertiary/aromatic N) is 4. The fraction of sp³-hybridized carbons (Fsp3) is 0.385. The number of pyridine rings is 1. The molecule has 0 aliphatic rings. The predicted molar refractivity (Wildman–Crippen MR) is 144 cm³/mol. The van der Waals surface area contributed by atoms with E-state index in [0.717, 1.165) is 11.1 Å². The van der Waals surface area contributed by atoms with Gasteiger partial charge in [-0.3, -0.25) is 34.0 Å². The summed E-state index contributed by atoms with van der Waals surface area (Å²) in [6.07, 6.45) is 1.91. The zero-order valence-corrected chi connectivity index (χ0v) is 22.0. The molecule has 208 valence electrons. The molecule has 2 aromatic rings. The highest BCUT2D eigenvalue weighted by molar-refractivity contribution is 7.78. The highest BCUT2D eigenvalue weighted by Crippen LogP contribution is 2.16. The van der Waals surface area contributed by atoms with Gasteiger partial charge in [-0.05, 0) is 60.5 Å². The third-order valence-electron chi connectivity index (χ3n) is 5.61. The molecule has 0 amide bonds. The average Bonchev–Trinajstić information content (AvgIpc) is 2.84. The molecule has 0 atom stereocenters. The number of aryl methyl sites for hydroxylation is 2. The maximum Gasteiger partial charge on any atom is 0.317 e. The Balaban J connectivity index is 2.22. The third kappa shape index (κ3) is 12.9. The van der Waals surface area contributed by atoms with Crippen molar-refractivity contribution < 1.29 is 39.6 Å². The Bertz CT molecular complexity index is 1120. The third-order valence-corrected chi connectivity index (χ3v) is 5.70. The number of aromatic nitrogens is 1. The summed E-state index contributed by atoms with van der Waals surface area (Å²) in [6.45, 7) is -1.41. The Morgan fingerprint density at radius 1 is 0.692 bits per heavy atom. The molecule has 0 unspecified atom stereocenters. The summed E-state index contributed by atoms with van der Waals surface area (Å²) in [6, 6.07) is 11.3. The molecular formula is C26H30N4O8S. The van der Waals surface area contributed by atoms with Crippen molar-refractivity contribution in [2.24, 2.45) is 4.99 Å². The van der Waals surface area contributed by atoms with Crippen LogP contribution >= 0.6 is 12.2 Å². The van der Waals surface area contributed by atoms with Gasteiger partial charge in [0.05, 0.1) is 37.0 Å². The minimum atomic E-state index is -1.14. The van der Waals surface area contributed by atoms with Crippen molar-refractivity contribution >= 4 is 46.9 Å². The van der Waals surface area contributed by atoms with Gasteiger partial charge < -0.3 is 20.4 Å². The van der Waals surface area contributed by atoms with Crippen molar-refractivity contribution in [1.82, 2.24) is 14.8 Å². The molecule has 1 aromatic heterocycles. The van der Waals surface area contributed by atoms with Crippen LogP contribution < -0.4 is 0 Å². The van der Waals surface area contributed by atoms with Gasteiger partial charge in [0.25, 0.3) is 0 Å². The van der Waals surface area contributed by atoms with Crippen molar-refractivity contribution in [3.63, 3.8) is 0 Å². The molecule has 0 saturated carbocycles. The summed E-state index contributed by atoms with van der Waals surface area (Å²) in [4.78, 5) is 55.7. The lowest BCUT2D eigenvalue weighted by molar-refractivity contribution is -0.143. The van der Waals surface area contributed by atoms with Crippen LogP contribution in [0.4, 0.5) is 5.69 Å². The summed E-state index contributed by atoms with van der Waals surface area (Å²) >= 11 is 4.62. The van der Waals surface area contributed by atoms with E-state index < -0.39 is 50.1 Å². The van der Waals surface area contributed by atoms with Gasteiger partial charge >= 0.3 is 23.9 Å². The SMILES string of the molecule is O=C(O)CN(CCc1cc(CCc2ccc(N=C=S)cc2)cc(CCN(CC(=O)O)CC(=O)O)n1)CC(=O)O. The van der Waals surface area contributed by atoms with Gasteiger partial charge in [-0.25, -0.2) is 0 Å². The number of aliphatic imine (C=N–C) groups is 1. The van der Waals surface area contributed by atoms with E-state index in [-0.39, 0.29) is 13.1 Å². The maximum atomic E-state index is 11.1. The van der Waals surface area contributed by atoms with E-state index in [2.05, 4.69) is 27.4 Å². The number of aliphatic carboxylic acids is 4. The minimum absolute atomic E-state index is 0.153. The molecule has 0 spiro atoms. The summed E-state index contributed by atoms with van der Waals surface area (Å²) < 4.78 is 0. The zero-order chi connectivity index (χ0) is 28.8. The standard InChI is InChI=1S/C26H30N4O8S/c31-23(32)13-29(14-24(33)34)9-7-21-11-19(2-1-18-3-5-20(6-4-18)27-17-39)12-22(28-21)8-10-30(15-25(35)36)16-26(37)38/h3-6,11-12H,1-2,7-10,13-16H2,(H,31,32)(H,33,34)(H,35,36)(H,37,38). The van der Waals surface area contributed by atoms with Crippen LogP contribution in [0.2, 0.25) is 0 Å². The number of benzene rings is 1. The molecule has 0 fully saturated rings. The zero-order valence-electron chi connectivity index (χ0n) is 21.2. The lowest BCUT2D eigenvalue weighted by atomic mass is 10.0. The lowest BCUT2D eigenvalue weighted by Gasteiger charge is -2.19. The Kier molecular flexibility index (Phi) is 12.8. The van der Waals surface area contributed by atoms with Gasteiger partial charge in [0.15, 0.2) is 0 Å². The van der Waals surface area contributed by atoms with Crippen LogP contribution in [-0.2, 0) is 44.9 Å². The average molecular weight is 559 g/mol. The minimum Gasteiger partial charge on any atom is -0.480 e. The topological polar surface area (TPSA) is 181 Å². The van der Waals surface area contributed by atoms with Crippen molar-refractivity contribution in [1.29, 1.82) is 0 Å². The predicted octanol–water partition coefficient (Wildman–Crippen LogP) is 1.63. The molecule has 0 aliphatic heterocycles. The van der Waals surface area contributed by atoms with Crippen LogP contribution in [0.5, 0.6) is 0 Å². The van der Waals surface area contributed by atoms with E-state index >= 15 is 0 Å². The molecule has 0 aliphatic carbocycles. The van der Waals surface area contributed by atoms with Crippen LogP contribution in [-0.4, -0.2) is 104 Å². The second-order valence-corrected chi connectivity index (χ2v) is 9.01. The van der Waals surface area contributed by atoms with Gasteiger partial charge in [-0.2, -0.15) is 4.99 Å². The van der Waals surface area contributed by atoms with Crippen molar-refractivity contribution in [3.05, 3.63) is 58.9 Å². The van der Waals surface area contributed by atoms with Crippen molar-refractivity contribution in [2.45, 2.75) is 25.7 Å². The second-order valence-electron chi connectivity index (χ2n) is 8.82. The van der Waals surface area contributed by atoms with Crippen LogP contribution in [0, 0.1) is 0 Å². The molecule has 12 nitrogen and oxygen atoms in total. The first kappa shape index (κ1) is 31.2. The molecule has 1 aromatic carbocycles. The van der Waals surface area contributed by atoms with Crippen LogP contribution in [0.1, 0.15) is 22.5 Å². The number of carboxylic acid groups (broad SMARTS) is 4. The highest BCUT2D eigenvalue weighted by Gasteiger charge is 2.16. The monoisotopic (exact) mass is 558 g/mol. The Hall–Kier alpha value is -4.03. The Labute approximate surface area is 230 Å². The fourth-order valence-electron chi connectivity index (χ4n) is 3.94. The molecule has 0 radical (unpaired) electrons. The van der Waals surface area contributed by atoms with E-state index in [1.165, 1.54) is 9.80 Å². The largest absolute Gasteiger partial charge is 0.480 e. The van der Waals surface area contributed by atoms with Crippen LogP contribution in [0.15, 0.2) is 41.4 Å². The smallest absolute Gasteiger partial charge is 0.317 e. The number of carbonyl (C=O) groups is 4. The number of rotatable bonds is 18.